The van der Waals surface area contributed by atoms with Gasteiger partial charge >= 0.3 is 0 Å². The maximum atomic E-state index is 12.6. The average Bonchev–Trinajstić information content (AvgIpc) is 3.24. The minimum absolute atomic E-state index is 0.0157. The maximum absolute atomic E-state index is 12.6. The number of carbonyl (C=O) groups excluding carboxylic acids is 1. The Morgan fingerprint density at radius 3 is 2.77 bits per heavy atom. The lowest BCUT2D eigenvalue weighted by atomic mass is 10.2. The predicted octanol–water partition coefficient (Wildman–Crippen LogP) is 0.359. The van der Waals surface area contributed by atoms with Gasteiger partial charge in [-0.15, -0.1) is 0 Å². The number of pyridine rings is 1. The number of nitrogens with zero attached hydrogens (tertiary/aromatic N) is 5. The highest BCUT2D eigenvalue weighted by Gasteiger charge is 2.35. The summed E-state index contributed by atoms with van der Waals surface area (Å²) >= 11 is 0. The lowest BCUT2D eigenvalue weighted by Gasteiger charge is -2.18. The summed E-state index contributed by atoms with van der Waals surface area (Å²) in [4.78, 5) is 21.7. The predicted molar refractivity (Wildman–Crippen MR) is 93.3 cm³/mol. The molecule has 1 fully saturated rings. The highest BCUT2D eigenvalue weighted by Crippen LogP contribution is 2.24. The fraction of sp³-hybridized carbons (Fsp3) is 0.438. The van der Waals surface area contributed by atoms with Crippen LogP contribution < -0.4 is 4.74 Å². The number of aryl methyl sites for hydroxylation is 1. The highest BCUT2D eigenvalue weighted by atomic mass is 32.2. The van der Waals surface area contributed by atoms with Gasteiger partial charge in [0, 0.05) is 40.1 Å². The number of rotatable bonds is 5. The molecule has 10 heteroatoms. The molecule has 0 spiro atoms. The number of amides is 1. The third kappa shape index (κ3) is 3.56. The second-order valence-electron chi connectivity index (χ2n) is 6.32. The van der Waals surface area contributed by atoms with E-state index in [9.17, 15) is 13.2 Å². The average molecular weight is 379 g/mol. The van der Waals surface area contributed by atoms with Gasteiger partial charge in [0.05, 0.1) is 12.9 Å². The number of ether oxygens (including phenoxy) is 1. The van der Waals surface area contributed by atoms with Crippen molar-refractivity contribution in [2.45, 2.75) is 17.6 Å². The summed E-state index contributed by atoms with van der Waals surface area (Å²) in [6, 6.07) is 3.30. The van der Waals surface area contributed by atoms with Gasteiger partial charge in [-0.3, -0.25) is 4.79 Å². The molecular formula is C16H21N5O4S. The van der Waals surface area contributed by atoms with E-state index in [1.54, 1.807) is 44.0 Å². The Balaban J connectivity index is 1.74. The quantitative estimate of drug-likeness (QED) is 0.744. The lowest BCUT2D eigenvalue weighted by Crippen LogP contribution is -2.31. The van der Waals surface area contributed by atoms with Gasteiger partial charge < -0.3 is 14.2 Å². The third-order valence-corrected chi connectivity index (χ3v) is 5.83. The minimum Gasteiger partial charge on any atom is -0.472 e. The van der Waals surface area contributed by atoms with E-state index in [-0.39, 0.29) is 29.5 Å². The van der Waals surface area contributed by atoms with Crippen LogP contribution in [0.3, 0.4) is 0 Å². The molecule has 1 atom stereocenters. The van der Waals surface area contributed by atoms with E-state index >= 15 is 0 Å². The van der Waals surface area contributed by atoms with Crippen LogP contribution >= 0.6 is 0 Å². The van der Waals surface area contributed by atoms with E-state index in [2.05, 4.69) is 9.97 Å². The Kier molecular flexibility index (Phi) is 4.97. The molecule has 140 valence electrons. The standard InChI is InChI=1S/C16H21N5O4S/c1-19(2)16(22)13-5-4-7-17-15(13)25-12-6-8-21(9-12)26(23,24)14-10-20(3)11-18-14/h4-5,7,10-12H,6,8-9H2,1-3H3. The van der Waals surface area contributed by atoms with Gasteiger partial charge in [-0.2, -0.15) is 4.31 Å². The number of hydrogen-bond acceptors (Lipinski definition) is 6. The molecule has 1 amide bonds. The normalized spacial score (nSPS) is 18.0. The molecule has 2 aromatic heterocycles. The van der Waals surface area contributed by atoms with Crippen molar-refractivity contribution in [3.05, 3.63) is 36.4 Å². The van der Waals surface area contributed by atoms with Crippen molar-refractivity contribution in [3.63, 3.8) is 0 Å². The maximum Gasteiger partial charge on any atom is 0.262 e. The molecule has 3 rings (SSSR count). The molecule has 9 nitrogen and oxygen atoms in total. The highest BCUT2D eigenvalue weighted by molar-refractivity contribution is 7.89. The number of carbonyl (C=O) groups is 1. The van der Waals surface area contributed by atoms with E-state index in [1.165, 1.54) is 21.7 Å². The Hall–Kier alpha value is -2.46. The van der Waals surface area contributed by atoms with E-state index in [4.69, 9.17) is 4.74 Å². The molecule has 2 aromatic rings. The van der Waals surface area contributed by atoms with Crippen LogP contribution in [0.25, 0.3) is 0 Å². The Bertz CT molecular complexity index is 909. The summed E-state index contributed by atoms with van der Waals surface area (Å²) < 4.78 is 34.0. The van der Waals surface area contributed by atoms with E-state index in [0.29, 0.717) is 18.5 Å². The summed E-state index contributed by atoms with van der Waals surface area (Å²) in [6.45, 7) is 0.512. The zero-order valence-corrected chi connectivity index (χ0v) is 15.7. The minimum atomic E-state index is -3.66. The van der Waals surface area contributed by atoms with Crippen molar-refractivity contribution in [3.8, 4) is 5.88 Å². The SMILES string of the molecule is CN(C)C(=O)c1cccnc1OC1CCN(S(=O)(=O)c2cn(C)cn2)C1. The van der Waals surface area contributed by atoms with Gasteiger partial charge in [0.2, 0.25) is 5.88 Å². The Morgan fingerprint density at radius 1 is 1.35 bits per heavy atom. The molecule has 0 aromatic carbocycles. The summed E-state index contributed by atoms with van der Waals surface area (Å²) in [5.41, 5.74) is 0.350. The van der Waals surface area contributed by atoms with Gasteiger partial charge in [0.1, 0.15) is 11.7 Å². The molecule has 1 aliphatic heterocycles. The van der Waals surface area contributed by atoms with Gasteiger partial charge in [0.25, 0.3) is 15.9 Å². The fourth-order valence-electron chi connectivity index (χ4n) is 2.71. The molecule has 0 radical (unpaired) electrons. The second kappa shape index (κ2) is 7.04. The topological polar surface area (TPSA) is 97.6 Å². The molecule has 0 N–H and O–H groups in total. The fourth-order valence-corrected chi connectivity index (χ4v) is 4.17. The van der Waals surface area contributed by atoms with Gasteiger partial charge in [-0.05, 0) is 18.6 Å². The molecule has 0 aliphatic carbocycles. The largest absolute Gasteiger partial charge is 0.472 e. The first-order valence-electron chi connectivity index (χ1n) is 8.10. The molecule has 0 saturated carbocycles. The molecular weight excluding hydrogens is 358 g/mol. The van der Waals surface area contributed by atoms with Crippen LogP contribution in [-0.4, -0.2) is 71.4 Å². The van der Waals surface area contributed by atoms with Crippen molar-refractivity contribution in [1.29, 1.82) is 0 Å². The zero-order chi connectivity index (χ0) is 18.9. The summed E-state index contributed by atoms with van der Waals surface area (Å²) in [5.74, 6) is -0.00246. The van der Waals surface area contributed by atoms with Gasteiger partial charge in [-0.1, -0.05) is 0 Å². The third-order valence-electron chi connectivity index (χ3n) is 4.08. The van der Waals surface area contributed by atoms with Crippen molar-refractivity contribution < 1.29 is 17.9 Å². The van der Waals surface area contributed by atoms with Crippen LogP contribution in [-0.2, 0) is 17.1 Å². The first kappa shape index (κ1) is 18.3. The van der Waals surface area contributed by atoms with Crippen LogP contribution in [0.4, 0.5) is 0 Å². The smallest absolute Gasteiger partial charge is 0.262 e. The number of hydrogen-bond donors (Lipinski definition) is 0. The Morgan fingerprint density at radius 2 is 2.12 bits per heavy atom. The van der Waals surface area contributed by atoms with Crippen LogP contribution in [0.15, 0.2) is 35.9 Å². The van der Waals surface area contributed by atoms with E-state index < -0.39 is 10.0 Å². The number of aromatic nitrogens is 3. The molecule has 0 bridgehead atoms. The zero-order valence-electron chi connectivity index (χ0n) is 14.9. The van der Waals surface area contributed by atoms with Crippen molar-refractivity contribution >= 4 is 15.9 Å². The van der Waals surface area contributed by atoms with Gasteiger partial charge in [-0.25, -0.2) is 18.4 Å². The van der Waals surface area contributed by atoms with Crippen LogP contribution in [0.1, 0.15) is 16.8 Å². The lowest BCUT2D eigenvalue weighted by molar-refractivity contribution is 0.0818. The van der Waals surface area contributed by atoms with Crippen LogP contribution in [0.5, 0.6) is 5.88 Å². The second-order valence-corrected chi connectivity index (χ2v) is 8.21. The van der Waals surface area contributed by atoms with Gasteiger partial charge in [0.15, 0.2) is 5.03 Å². The number of imidazole rings is 1. The molecule has 1 saturated heterocycles. The van der Waals surface area contributed by atoms with Crippen LogP contribution in [0, 0.1) is 0 Å². The molecule has 1 aliphatic rings. The van der Waals surface area contributed by atoms with E-state index in [0.717, 1.165) is 0 Å². The summed E-state index contributed by atoms with van der Waals surface area (Å²) in [7, 11) is 1.35. The van der Waals surface area contributed by atoms with Crippen molar-refractivity contribution in [2.24, 2.45) is 7.05 Å². The first-order chi connectivity index (χ1) is 12.3. The van der Waals surface area contributed by atoms with Crippen LogP contribution in [0.2, 0.25) is 0 Å². The Labute approximate surface area is 152 Å². The molecule has 3 heterocycles. The molecule has 1 unspecified atom stereocenters. The van der Waals surface area contributed by atoms with Crippen molar-refractivity contribution in [1.82, 2.24) is 23.7 Å². The first-order valence-corrected chi connectivity index (χ1v) is 9.54. The monoisotopic (exact) mass is 379 g/mol. The number of sulfonamides is 1. The van der Waals surface area contributed by atoms with E-state index in [1.807, 2.05) is 0 Å². The van der Waals surface area contributed by atoms with Crippen molar-refractivity contribution in [2.75, 3.05) is 27.2 Å². The summed E-state index contributed by atoms with van der Waals surface area (Å²) in [6.07, 6.45) is 4.59. The molecule has 26 heavy (non-hydrogen) atoms. The summed E-state index contributed by atoms with van der Waals surface area (Å²) in [5, 5.41) is 0.0157.